The van der Waals surface area contributed by atoms with Gasteiger partial charge in [0.25, 0.3) is 0 Å². The molecule has 21 heavy (non-hydrogen) atoms. The summed E-state index contributed by atoms with van der Waals surface area (Å²) in [6.45, 7) is 7.47. The highest BCUT2D eigenvalue weighted by Gasteiger charge is 2.11. The van der Waals surface area contributed by atoms with E-state index in [0.717, 1.165) is 16.8 Å². The number of nitrogens with zero attached hydrogens (tertiary/aromatic N) is 2. The fourth-order valence-electron chi connectivity index (χ4n) is 2.16. The first-order chi connectivity index (χ1) is 10.1. The first-order valence-electron chi connectivity index (χ1n) is 6.89. The maximum atomic E-state index is 10.2. The zero-order chi connectivity index (χ0) is 15.2. The SMILES string of the molecule is C=CCn1cc(CNC[C@@H](O)c2ccccc2Cl)c(C)n1. The summed E-state index contributed by atoms with van der Waals surface area (Å²) >= 11 is 6.07. The molecule has 1 aromatic heterocycles. The minimum atomic E-state index is -0.623. The normalized spacial score (nSPS) is 12.3. The second kappa shape index (κ2) is 7.41. The van der Waals surface area contributed by atoms with Crippen molar-refractivity contribution in [3.8, 4) is 0 Å². The molecular weight excluding hydrogens is 286 g/mol. The molecule has 0 saturated heterocycles. The number of aromatic nitrogens is 2. The highest BCUT2D eigenvalue weighted by Crippen LogP contribution is 2.21. The summed E-state index contributed by atoms with van der Waals surface area (Å²) in [7, 11) is 0. The van der Waals surface area contributed by atoms with Crippen molar-refractivity contribution in [2.24, 2.45) is 0 Å². The Balaban J connectivity index is 1.89. The van der Waals surface area contributed by atoms with E-state index in [1.54, 1.807) is 6.07 Å². The minimum absolute atomic E-state index is 0.440. The summed E-state index contributed by atoms with van der Waals surface area (Å²) in [5.74, 6) is 0. The van der Waals surface area contributed by atoms with E-state index < -0.39 is 6.10 Å². The molecule has 0 unspecified atom stereocenters. The van der Waals surface area contributed by atoms with Gasteiger partial charge in [0.1, 0.15) is 0 Å². The van der Waals surface area contributed by atoms with Gasteiger partial charge in [-0.3, -0.25) is 4.68 Å². The van der Waals surface area contributed by atoms with E-state index in [4.69, 9.17) is 11.6 Å². The fraction of sp³-hybridized carbons (Fsp3) is 0.312. The van der Waals surface area contributed by atoms with Crippen molar-refractivity contribution in [3.63, 3.8) is 0 Å². The lowest BCUT2D eigenvalue weighted by Gasteiger charge is -2.13. The molecule has 0 aliphatic heterocycles. The molecule has 0 bridgehead atoms. The minimum Gasteiger partial charge on any atom is -0.387 e. The number of allylic oxidation sites excluding steroid dienone is 1. The van der Waals surface area contributed by atoms with Crippen LogP contribution in [-0.2, 0) is 13.1 Å². The molecule has 0 spiro atoms. The van der Waals surface area contributed by atoms with Gasteiger partial charge in [-0.2, -0.15) is 5.10 Å². The van der Waals surface area contributed by atoms with Crippen LogP contribution in [0.4, 0.5) is 0 Å². The Hall–Kier alpha value is -1.62. The topological polar surface area (TPSA) is 50.1 Å². The predicted molar refractivity (Wildman–Crippen MR) is 85.3 cm³/mol. The number of rotatable bonds is 7. The van der Waals surface area contributed by atoms with Crippen molar-refractivity contribution in [2.75, 3.05) is 6.54 Å². The third kappa shape index (κ3) is 4.17. The lowest BCUT2D eigenvalue weighted by atomic mass is 10.1. The maximum Gasteiger partial charge on any atom is 0.0928 e. The van der Waals surface area contributed by atoms with E-state index in [9.17, 15) is 5.11 Å². The number of nitrogens with one attached hydrogen (secondary N) is 1. The Morgan fingerprint density at radius 2 is 2.24 bits per heavy atom. The molecule has 2 N–H and O–H groups in total. The Labute approximate surface area is 130 Å². The Morgan fingerprint density at radius 1 is 1.48 bits per heavy atom. The third-order valence-corrected chi connectivity index (χ3v) is 3.63. The van der Waals surface area contributed by atoms with Crippen molar-refractivity contribution in [1.82, 2.24) is 15.1 Å². The van der Waals surface area contributed by atoms with Crippen molar-refractivity contribution in [2.45, 2.75) is 26.1 Å². The van der Waals surface area contributed by atoms with Gasteiger partial charge in [0, 0.05) is 35.4 Å². The maximum absolute atomic E-state index is 10.2. The van der Waals surface area contributed by atoms with Crippen LogP contribution in [0.3, 0.4) is 0 Å². The summed E-state index contributed by atoms with van der Waals surface area (Å²) in [4.78, 5) is 0. The van der Waals surface area contributed by atoms with E-state index in [1.165, 1.54) is 0 Å². The van der Waals surface area contributed by atoms with Crippen LogP contribution in [0.15, 0.2) is 43.1 Å². The molecule has 0 radical (unpaired) electrons. The van der Waals surface area contributed by atoms with Crippen molar-refractivity contribution >= 4 is 11.6 Å². The molecule has 1 heterocycles. The van der Waals surface area contributed by atoms with Crippen molar-refractivity contribution < 1.29 is 5.11 Å². The van der Waals surface area contributed by atoms with Gasteiger partial charge in [-0.1, -0.05) is 35.9 Å². The first-order valence-corrected chi connectivity index (χ1v) is 7.26. The predicted octanol–water partition coefficient (Wildman–Crippen LogP) is 2.85. The summed E-state index contributed by atoms with van der Waals surface area (Å²) in [6.07, 6.45) is 3.18. The number of halogens is 1. The van der Waals surface area contributed by atoms with E-state index >= 15 is 0 Å². The largest absolute Gasteiger partial charge is 0.387 e. The van der Waals surface area contributed by atoms with E-state index in [-0.39, 0.29) is 0 Å². The van der Waals surface area contributed by atoms with Crippen molar-refractivity contribution in [1.29, 1.82) is 0 Å². The number of aliphatic hydroxyl groups is 1. The molecular formula is C16H20ClN3O. The molecule has 0 saturated carbocycles. The molecule has 2 aromatic rings. The van der Waals surface area contributed by atoms with Gasteiger partial charge in [-0.25, -0.2) is 0 Å². The highest BCUT2D eigenvalue weighted by molar-refractivity contribution is 6.31. The van der Waals surface area contributed by atoms with E-state index in [2.05, 4.69) is 17.0 Å². The first kappa shape index (κ1) is 15.8. The van der Waals surface area contributed by atoms with Crippen LogP contribution >= 0.6 is 11.6 Å². The highest BCUT2D eigenvalue weighted by atomic mass is 35.5. The van der Waals surface area contributed by atoms with Crippen molar-refractivity contribution in [3.05, 3.63) is 65.0 Å². The van der Waals surface area contributed by atoms with Crippen LogP contribution in [0.5, 0.6) is 0 Å². The van der Waals surface area contributed by atoms with Gasteiger partial charge in [-0.05, 0) is 13.0 Å². The van der Waals surface area contributed by atoms with Crippen LogP contribution in [0.25, 0.3) is 0 Å². The molecule has 0 amide bonds. The molecule has 1 atom stereocenters. The van der Waals surface area contributed by atoms with Crippen LogP contribution in [0.1, 0.15) is 22.9 Å². The molecule has 0 aliphatic rings. The second-order valence-electron chi connectivity index (χ2n) is 4.92. The standard InChI is InChI=1S/C16H20ClN3O/c1-3-8-20-11-13(12(2)19-20)9-18-10-16(21)14-6-4-5-7-15(14)17/h3-7,11,16,18,21H,1,8-10H2,2H3/t16-/m1/s1. The molecule has 1 aromatic carbocycles. The third-order valence-electron chi connectivity index (χ3n) is 3.28. The Morgan fingerprint density at radius 3 is 2.95 bits per heavy atom. The van der Waals surface area contributed by atoms with Gasteiger partial charge in [0.15, 0.2) is 0 Å². The second-order valence-corrected chi connectivity index (χ2v) is 5.33. The van der Waals surface area contributed by atoms with Gasteiger partial charge in [0.05, 0.1) is 18.3 Å². The smallest absolute Gasteiger partial charge is 0.0928 e. The zero-order valence-electron chi connectivity index (χ0n) is 12.1. The molecule has 2 rings (SSSR count). The van der Waals surface area contributed by atoms with Crippen LogP contribution in [-0.4, -0.2) is 21.4 Å². The van der Waals surface area contributed by atoms with Crippen LogP contribution in [0, 0.1) is 6.92 Å². The fourth-order valence-corrected chi connectivity index (χ4v) is 2.42. The average molecular weight is 306 g/mol. The Bertz CT molecular complexity index is 609. The lowest BCUT2D eigenvalue weighted by molar-refractivity contribution is 0.174. The van der Waals surface area contributed by atoms with Gasteiger partial charge >= 0.3 is 0 Å². The number of hydrogen-bond acceptors (Lipinski definition) is 3. The van der Waals surface area contributed by atoms with Gasteiger partial charge in [-0.15, -0.1) is 6.58 Å². The number of aliphatic hydroxyl groups excluding tert-OH is 1. The quantitative estimate of drug-likeness (QED) is 0.773. The molecule has 112 valence electrons. The zero-order valence-corrected chi connectivity index (χ0v) is 12.8. The number of benzene rings is 1. The molecule has 0 fully saturated rings. The Kier molecular flexibility index (Phi) is 5.56. The van der Waals surface area contributed by atoms with E-state index in [1.807, 2.05) is 42.1 Å². The summed E-state index contributed by atoms with van der Waals surface area (Å²) in [5, 5.41) is 18.4. The van der Waals surface area contributed by atoms with E-state index in [0.29, 0.717) is 24.7 Å². The number of aryl methyl sites for hydroxylation is 1. The molecule has 0 aliphatic carbocycles. The van der Waals surface area contributed by atoms with Gasteiger partial charge in [0.2, 0.25) is 0 Å². The lowest BCUT2D eigenvalue weighted by Crippen LogP contribution is -2.21. The summed E-state index contributed by atoms with van der Waals surface area (Å²) in [6, 6.07) is 7.34. The monoisotopic (exact) mass is 305 g/mol. The van der Waals surface area contributed by atoms with Gasteiger partial charge < -0.3 is 10.4 Å². The molecule has 4 nitrogen and oxygen atoms in total. The molecule has 5 heteroatoms. The summed E-state index contributed by atoms with van der Waals surface area (Å²) in [5.41, 5.74) is 2.84. The van der Waals surface area contributed by atoms with Crippen LogP contribution in [0.2, 0.25) is 5.02 Å². The average Bonchev–Trinajstić information content (AvgIpc) is 2.80. The number of hydrogen-bond donors (Lipinski definition) is 2. The summed E-state index contributed by atoms with van der Waals surface area (Å²) < 4.78 is 1.85. The van der Waals surface area contributed by atoms with Crippen LogP contribution < -0.4 is 5.32 Å².